The van der Waals surface area contributed by atoms with Crippen molar-refractivity contribution in [3.8, 4) is 5.75 Å². The van der Waals surface area contributed by atoms with Gasteiger partial charge < -0.3 is 5.11 Å². The summed E-state index contributed by atoms with van der Waals surface area (Å²) in [5.74, 6) is -0.529. The number of nitrogens with one attached hydrogen (secondary N) is 1. The molecule has 0 unspecified atom stereocenters. The van der Waals surface area contributed by atoms with Gasteiger partial charge in [-0.25, -0.2) is 5.43 Å². The van der Waals surface area contributed by atoms with Crippen LogP contribution in [-0.2, 0) is 0 Å². The number of phenols is 1. The SMILES string of the molecule is O=C(NN=Cc1ccc(Cl)c(Cl)c1O)c1ccccc1. The lowest BCUT2D eigenvalue weighted by atomic mass is 10.2. The summed E-state index contributed by atoms with van der Waals surface area (Å²) < 4.78 is 0. The van der Waals surface area contributed by atoms with Gasteiger partial charge in [0.25, 0.3) is 5.91 Å². The average molecular weight is 309 g/mol. The molecule has 102 valence electrons. The number of nitrogens with zero attached hydrogens (tertiary/aromatic N) is 1. The Labute approximate surface area is 125 Å². The maximum Gasteiger partial charge on any atom is 0.271 e. The van der Waals surface area contributed by atoms with Gasteiger partial charge >= 0.3 is 0 Å². The van der Waals surface area contributed by atoms with Crippen molar-refractivity contribution in [1.29, 1.82) is 0 Å². The molecule has 0 saturated carbocycles. The molecule has 2 rings (SSSR count). The van der Waals surface area contributed by atoms with E-state index in [1.54, 1.807) is 30.3 Å². The van der Waals surface area contributed by atoms with E-state index in [-0.39, 0.29) is 21.7 Å². The first-order valence-corrected chi connectivity index (χ1v) is 6.40. The number of halogens is 2. The normalized spacial score (nSPS) is 10.7. The van der Waals surface area contributed by atoms with E-state index in [1.807, 2.05) is 6.07 Å². The van der Waals surface area contributed by atoms with E-state index in [0.717, 1.165) is 0 Å². The summed E-state index contributed by atoms with van der Waals surface area (Å²) in [7, 11) is 0. The second kappa shape index (κ2) is 6.41. The van der Waals surface area contributed by atoms with Crippen LogP contribution in [0.2, 0.25) is 10.0 Å². The Balaban J connectivity index is 2.08. The van der Waals surface area contributed by atoms with E-state index in [4.69, 9.17) is 23.2 Å². The van der Waals surface area contributed by atoms with Gasteiger partial charge in [-0.3, -0.25) is 4.79 Å². The van der Waals surface area contributed by atoms with Crippen LogP contribution >= 0.6 is 23.2 Å². The lowest BCUT2D eigenvalue weighted by Crippen LogP contribution is -2.17. The fraction of sp³-hybridized carbons (Fsp3) is 0. The van der Waals surface area contributed by atoms with Crippen LogP contribution in [0.4, 0.5) is 0 Å². The van der Waals surface area contributed by atoms with Crippen LogP contribution in [-0.4, -0.2) is 17.2 Å². The molecule has 2 N–H and O–H groups in total. The topological polar surface area (TPSA) is 61.7 Å². The molecule has 0 aliphatic carbocycles. The summed E-state index contributed by atoms with van der Waals surface area (Å²) in [5, 5.41) is 13.8. The average Bonchev–Trinajstić information content (AvgIpc) is 2.48. The third-order valence-electron chi connectivity index (χ3n) is 2.51. The highest BCUT2D eigenvalue weighted by molar-refractivity contribution is 6.43. The van der Waals surface area contributed by atoms with Gasteiger partial charge in [-0.2, -0.15) is 5.10 Å². The summed E-state index contributed by atoms with van der Waals surface area (Å²) in [6.07, 6.45) is 1.29. The summed E-state index contributed by atoms with van der Waals surface area (Å²) in [5.41, 5.74) is 3.20. The fourth-order valence-corrected chi connectivity index (χ4v) is 1.80. The van der Waals surface area contributed by atoms with E-state index in [1.165, 1.54) is 12.3 Å². The first-order valence-electron chi connectivity index (χ1n) is 5.65. The van der Waals surface area contributed by atoms with Crippen LogP contribution < -0.4 is 5.43 Å². The minimum atomic E-state index is -0.346. The van der Waals surface area contributed by atoms with Crippen molar-refractivity contribution in [2.24, 2.45) is 5.10 Å². The van der Waals surface area contributed by atoms with E-state index in [0.29, 0.717) is 11.1 Å². The van der Waals surface area contributed by atoms with Crippen molar-refractivity contribution < 1.29 is 9.90 Å². The van der Waals surface area contributed by atoms with E-state index in [2.05, 4.69) is 10.5 Å². The Morgan fingerprint density at radius 2 is 1.85 bits per heavy atom. The van der Waals surface area contributed by atoms with Crippen LogP contribution in [0, 0.1) is 0 Å². The summed E-state index contributed by atoms with van der Waals surface area (Å²) in [6.45, 7) is 0. The van der Waals surface area contributed by atoms with Gasteiger partial charge in [0.2, 0.25) is 0 Å². The number of hydrogen-bond donors (Lipinski definition) is 2. The quantitative estimate of drug-likeness (QED) is 0.674. The highest BCUT2D eigenvalue weighted by Crippen LogP contribution is 2.33. The van der Waals surface area contributed by atoms with Crippen LogP contribution in [0.1, 0.15) is 15.9 Å². The lowest BCUT2D eigenvalue weighted by Gasteiger charge is -2.03. The Morgan fingerprint density at radius 1 is 1.15 bits per heavy atom. The molecule has 0 aromatic heterocycles. The van der Waals surface area contributed by atoms with Crippen molar-refractivity contribution in [2.45, 2.75) is 0 Å². The van der Waals surface area contributed by atoms with E-state index < -0.39 is 0 Å². The van der Waals surface area contributed by atoms with Gasteiger partial charge in [0.05, 0.1) is 11.2 Å². The van der Waals surface area contributed by atoms with Gasteiger partial charge in [0.15, 0.2) is 0 Å². The molecule has 0 atom stereocenters. The second-order valence-electron chi connectivity index (χ2n) is 3.86. The molecule has 6 heteroatoms. The summed E-state index contributed by atoms with van der Waals surface area (Å²) in [6, 6.07) is 11.7. The molecule has 2 aromatic carbocycles. The van der Waals surface area contributed by atoms with Gasteiger partial charge in [-0.05, 0) is 24.3 Å². The third kappa shape index (κ3) is 3.29. The minimum absolute atomic E-state index is 0.0463. The van der Waals surface area contributed by atoms with Crippen molar-refractivity contribution >= 4 is 35.3 Å². The molecule has 0 radical (unpaired) electrons. The summed E-state index contributed by atoms with van der Waals surface area (Å²) >= 11 is 11.5. The smallest absolute Gasteiger partial charge is 0.271 e. The molecule has 2 aromatic rings. The fourth-order valence-electron chi connectivity index (χ4n) is 1.47. The van der Waals surface area contributed by atoms with E-state index >= 15 is 0 Å². The number of rotatable bonds is 3. The molecular weight excluding hydrogens is 299 g/mol. The second-order valence-corrected chi connectivity index (χ2v) is 4.65. The van der Waals surface area contributed by atoms with Gasteiger partial charge in [-0.15, -0.1) is 0 Å². The predicted molar refractivity (Wildman–Crippen MR) is 79.6 cm³/mol. The van der Waals surface area contributed by atoms with Crippen LogP contribution in [0.15, 0.2) is 47.6 Å². The molecule has 0 aliphatic rings. The largest absolute Gasteiger partial charge is 0.506 e. The van der Waals surface area contributed by atoms with Crippen LogP contribution in [0.5, 0.6) is 5.75 Å². The molecular formula is C14H10Cl2N2O2. The first-order chi connectivity index (χ1) is 9.59. The number of aromatic hydroxyl groups is 1. The Bertz CT molecular complexity index is 658. The van der Waals surface area contributed by atoms with Gasteiger partial charge in [0.1, 0.15) is 10.8 Å². The van der Waals surface area contributed by atoms with E-state index in [9.17, 15) is 9.90 Å². The molecule has 0 saturated heterocycles. The monoisotopic (exact) mass is 308 g/mol. The standard InChI is InChI=1S/C14H10Cl2N2O2/c15-11-7-6-10(13(19)12(11)16)8-17-18-14(20)9-4-2-1-3-5-9/h1-8,19H,(H,18,20). The molecule has 0 heterocycles. The zero-order chi connectivity index (χ0) is 14.5. The first kappa shape index (κ1) is 14.4. The Morgan fingerprint density at radius 3 is 2.55 bits per heavy atom. The van der Waals surface area contributed by atoms with Gasteiger partial charge in [0, 0.05) is 11.1 Å². The lowest BCUT2D eigenvalue weighted by molar-refractivity contribution is 0.0955. The molecule has 0 bridgehead atoms. The molecule has 20 heavy (non-hydrogen) atoms. The molecule has 0 aliphatic heterocycles. The number of carbonyl (C=O) groups is 1. The maximum atomic E-state index is 11.7. The summed E-state index contributed by atoms with van der Waals surface area (Å²) in [4.78, 5) is 11.7. The zero-order valence-corrected chi connectivity index (χ0v) is 11.7. The number of hydrazone groups is 1. The van der Waals surface area contributed by atoms with Crippen molar-refractivity contribution in [3.05, 3.63) is 63.6 Å². The number of carbonyl (C=O) groups excluding carboxylic acids is 1. The van der Waals surface area contributed by atoms with Crippen LogP contribution in [0.25, 0.3) is 0 Å². The number of benzene rings is 2. The third-order valence-corrected chi connectivity index (χ3v) is 3.30. The number of amides is 1. The maximum absolute atomic E-state index is 11.7. The van der Waals surface area contributed by atoms with Crippen molar-refractivity contribution in [2.75, 3.05) is 0 Å². The Hall–Kier alpha value is -2.04. The van der Waals surface area contributed by atoms with Crippen molar-refractivity contribution in [1.82, 2.24) is 5.43 Å². The number of phenolic OH excluding ortho intramolecular Hbond substituents is 1. The predicted octanol–water partition coefficient (Wildman–Crippen LogP) is 3.46. The molecule has 1 amide bonds. The highest BCUT2D eigenvalue weighted by atomic mass is 35.5. The number of hydrogen-bond acceptors (Lipinski definition) is 3. The Kier molecular flexibility index (Phi) is 4.61. The molecule has 4 nitrogen and oxygen atoms in total. The van der Waals surface area contributed by atoms with Crippen molar-refractivity contribution in [3.63, 3.8) is 0 Å². The van der Waals surface area contributed by atoms with Crippen LogP contribution in [0.3, 0.4) is 0 Å². The highest BCUT2D eigenvalue weighted by Gasteiger charge is 2.08. The molecule has 0 fully saturated rings. The molecule has 0 spiro atoms. The zero-order valence-electron chi connectivity index (χ0n) is 10.2. The minimum Gasteiger partial charge on any atom is -0.506 e. The van der Waals surface area contributed by atoms with Gasteiger partial charge in [-0.1, -0.05) is 41.4 Å².